The first-order chi connectivity index (χ1) is 20.5. The molecule has 43 heavy (non-hydrogen) atoms. The number of hydrogen-bond donors (Lipinski definition) is 9. The molecule has 1 aliphatic rings. The number of aryl methyl sites for hydroxylation is 2. The number of carbonyl (C=O) groups is 2. The number of nitrogens with zero attached hydrogens (tertiary/aromatic N) is 2. The number of aliphatic hydroxyl groups is 4. The summed E-state index contributed by atoms with van der Waals surface area (Å²) in [6, 6.07) is 6.70. The minimum atomic E-state index is -1.44. The van der Waals surface area contributed by atoms with Gasteiger partial charge in [-0.2, -0.15) is 0 Å². The second kappa shape index (κ2) is 16.5. The third kappa shape index (κ3) is 10.1. The van der Waals surface area contributed by atoms with Crippen LogP contribution in [0.25, 0.3) is 0 Å². The van der Waals surface area contributed by atoms with Gasteiger partial charge >= 0.3 is 0 Å². The zero-order chi connectivity index (χ0) is 31.5. The van der Waals surface area contributed by atoms with Crippen LogP contribution in [-0.4, -0.2) is 117 Å². The Kier molecular flexibility index (Phi) is 13.1. The molecule has 9 N–H and O–H groups in total. The van der Waals surface area contributed by atoms with Crippen LogP contribution >= 0.6 is 0 Å². The minimum Gasteiger partial charge on any atom is -0.507 e. The predicted molar refractivity (Wildman–Crippen MR) is 159 cm³/mol. The van der Waals surface area contributed by atoms with Crippen LogP contribution in [0.2, 0.25) is 0 Å². The number of aliphatic hydroxyl groups excluding tert-OH is 4. The van der Waals surface area contributed by atoms with Gasteiger partial charge in [0.1, 0.15) is 24.0 Å². The largest absolute Gasteiger partial charge is 0.507 e. The molecular formula is C30H45N5O8. The van der Waals surface area contributed by atoms with Gasteiger partial charge in [-0.3, -0.25) is 19.4 Å². The average molecular weight is 604 g/mol. The fourth-order valence-electron chi connectivity index (χ4n) is 5.13. The SMILES string of the molecule is Cc1cc(CN2CCCNCCCN(Cc3cc(C)cc(C(=O)NC(O)CO)c3O)CC2)c(O)c(C(=O)NC(O)CO)c1. The van der Waals surface area contributed by atoms with Crippen LogP contribution in [0, 0.1) is 13.8 Å². The molecule has 2 amide bonds. The lowest BCUT2D eigenvalue weighted by Crippen LogP contribution is -2.38. The fourth-order valence-corrected chi connectivity index (χ4v) is 5.13. The van der Waals surface area contributed by atoms with E-state index in [2.05, 4.69) is 25.8 Å². The van der Waals surface area contributed by atoms with Crippen molar-refractivity contribution in [2.24, 2.45) is 0 Å². The summed E-state index contributed by atoms with van der Waals surface area (Å²) in [5, 5.41) is 67.3. The van der Waals surface area contributed by atoms with Crippen molar-refractivity contribution in [1.29, 1.82) is 0 Å². The van der Waals surface area contributed by atoms with E-state index in [0.717, 1.165) is 50.1 Å². The molecule has 13 nitrogen and oxygen atoms in total. The van der Waals surface area contributed by atoms with Crippen molar-refractivity contribution in [3.63, 3.8) is 0 Å². The van der Waals surface area contributed by atoms with Crippen LogP contribution in [0.1, 0.15) is 55.8 Å². The highest BCUT2D eigenvalue weighted by molar-refractivity contribution is 5.98. The van der Waals surface area contributed by atoms with E-state index in [1.807, 2.05) is 26.0 Å². The summed E-state index contributed by atoms with van der Waals surface area (Å²) in [6.45, 7) is 7.42. The van der Waals surface area contributed by atoms with Crippen molar-refractivity contribution in [3.8, 4) is 11.5 Å². The highest BCUT2D eigenvalue weighted by Gasteiger charge is 2.22. The van der Waals surface area contributed by atoms with Crippen molar-refractivity contribution < 1.29 is 40.2 Å². The van der Waals surface area contributed by atoms with Gasteiger partial charge in [-0.25, -0.2) is 0 Å². The normalized spacial score (nSPS) is 17.1. The molecule has 3 rings (SSSR count). The molecule has 238 valence electrons. The molecule has 0 spiro atoms. The number of phenols is 2. The summed E-state index contributed by atoms with van der Waals surface area (Å²) in [7, 11) is 0. The zero-order valence-electron chi connectivity index (χ0n) is 24.8. The number of carbonyl (C=O) groups excluding carboxylic acids is 2. The lowest BCUT2D eigenvalue weighted by molar-refractivity contribution is 0.0540. The summed E-state index contributed by atoms with van der Waals surface area (Å²) in [6.07, 6.45) is -1.13. The molecule has 13 heteroatoms. The van der Waals surface area contributed by atoms with Gasteiger partial charge in [0.05, 0.1) is 24.3 Å². The molecule has 0 radical (unpaired) electrons. The Morgan fingerprint density at radius 3 is 1.51 bits per heavy atom. The van der Waals surface area contributed by atoms with Gasteiger partial charge in [0, 0.05) is 37.3 Å². The monoisotopic (exact) mass is 603 g/mol. The lowest BCUT2D eigenvalue weighted by Gasteiger charge is -2.28. The summed E-state index contributed by atoms with van der Waals surface area (Å²) in [5.41, 5.74) is 2.69. The van der Waals surface area contributed by atoms with Gasteiger partial charge in [0.15, 0.2) is 0 Å². The van der Waals surface area contributed by atoms with Crippen molar-refractivity contribution in [2.45, 2.75) is 52.2 Å². The first-order valence-corrected chi connectivity index (χ1v) is 14.5. The summed E-state index contributed by atoms with van der Waals surface area (Å²) in [5.74, 6) is -1.74. The Hall–Kier alpha value is -3.30. The fraction of sp³-hybridized carbons (Fsp3) is 0.533. The van der Waals surface area contributed by atoms with E-state index in [-0.39, 0.29) is 22.6 Å². The summed E-state index contributed by atoms with van der Waals surface area (Å²) < 4.78 is 0. The standard InChI is InChI=1S/C30H45N5O8/c1-19-11-21(27(40)23(13-19)29(42)32-25(38)17-36)15-34-7-3-5-31-6-4-8-35(10-9-34)16-22-12-20(2)14-24(28(22)41)30(43)33-26(39)18-37/h11-14,25-26,31,36-41H,3-10,15-18H2,1-2H3,(H,32,42)(H,33,43). The number of amides is 2. The molecule has 1 aliphatic heterocycles. The third-order valence-electron chi connectivity index (χ3n) is 7.27. The Bertz CT molecular complexity index is 1150. The highest BCUT2D eigenvalue weighted by atomic mass is 16.3. The molecule has 0 aliphatic carbocycles. The number of aromatic hydroxyl groups is 2. The quantitative estimate of drug-likeness (QED) is 0.159. The molecule has 0 aromatic heterocycles. The van der Waals surface area contributed by atoms with Crippen molar-refractivity contribution in [1.82, 2.24) is 25.8 Å². The van der Waals surface area contributed by atoms with Crippen LogP contribution in [0.3, 0.4) is 0 Å². The van der Waals surface area contributed by atoms with Crippen LogP contribution < -0.4 is 16.0 Å². The smallest absolute Gasteiger partial charge is 0.257 e. The van der Waals surface area contributed by atoms with E-state index in [0.29, 0.717) is 37.3 Å². The van der Waals surface area contributed by atoms with E-state index < -0.39 is 37.5 Å². The molecule has 2 aromatic rings. The van der Waals surface area contributed by atoms with Crippen LogP contribution in [0.5, 0.6) is 11.5 Å². The Balaban J connectivity index is 1.79. The van der Waals surface area contributed by atoms with Crippen LogP contribution in [0.4, 0.5) is 0 Å². The topological polar surface area (TPSA) is 198 Å². The highest BCUT2D eigenvalue weighted by Crippen LogP contribution is 2.28. The predicted octanol–water partition coefficient (Wildman–Crippen LogP) is -0.517. The Morgan fingerprint density at radius 2 is 1.14 bits per heavy atom. The van der Waals surface area contributed by atoms with Crippen LogP contribution in [-0.2, 0) is 13.1 Å². The molecule has 1 heterocycles. The van der Waals surface area contributed by atoms with Gasteiger partial charge in [-0.05, 0) is 76.1 Å². The van der Waals surface area contributed by atoms with E-state index in [9.17, 15) is 30.0 Å². The van der Waals surface area contributed by atoms with Crippen molar-refractivity contribution in [2.75, 3.05) is 52.5 Å². The maximum absolute atomic E-state index is 12.6. The number of nitrogens with one attached hydrogen (secondary N) is 3. The first-order valence-electron chi connectivity index (χ1n) is 14.5. The number of phenolic OH excluding ortho intramolecular Hbond substituents is 2. The molecule has 0 saturated carbocycles. The van der Waals surface area contributed by atoms with Gasteiger partial charge in [-0.1, -0.05) is 12.1 Å². The van der Waals surface area contributed by atoms with E-state index in [4.69, 9.17) is 10.2 Å². The van der Waals surface area contributed by atoms with E-state index in [1.165, 1.54) is 12.1 Å². The van der Waals surface area contributed by atoms with Gasteiger partial charge in [-0.15, -0.1) is 0 Å². The molecule has 2 aromatic carbocycles. The molecule has 1 fully saturated rings. The number of benzene rings is 2. The van der Waals surface area contributed by atoms with Crippen LogP contribution in [0.15, 0.2) is 24.3 Å². The van der Waals surface area contributed by atoms with Gasteiger partial charge in [0.25, 0.3) is 11.8 Å². The average Bonchev–Trinajstić information content (AvgIpc) is 3.02. The minimum absolute atomic E-state index is 0.0185. The second-order valence-electron chi connectivity index (χ2n) is 11.0. The zero-order valence-corrected chi connectivity index (χ0v) is 24.8. The first kappa shape index (κ1) is 34.2. The number of hydrogen-bond acceptors (Lipinski definition) is 11. The van der Waals surface area contributed by atoms with E-state index in [1.54, 1.807) is 0 Å². The molecule has 1 saturated heterocycles. The Labute approximate surface area is 251 Å². The lowest BCUT2D eigenvalue weighted by atomic mass is 10.0. The molecule has 2 atom stereocenters. The molecule has 2 unspecified atom stereocenters. The maximum atomic E-state index is 12.6. The summed E-state index contributed by atoms with van der Waals surface area (Å²) in [4.78, 5) is 29.6. The Morgan fingerprint density at radius 1 is 0.744 bits per heavy atom. The van der Waals surface area contributed by atoms with Crippen molar-refractivity contribution >= 4 is 11.8 Å². The molecular weight excluding hydrogens is 558 g/mol. The third-order valence-corrected chi connectivity index (χ3v) is 7.27. The number of rotatable bonds is 10. The van der Waals surface area contributed by atoms with E-state index >= 15 is 0 Å². The van der Waals surface area contributed by atoms with Gasteiger partial charge in [0.2, 0.25) is 0 Å². The summed E-state index contributed by atoms with van der Waals surface area (Å²) >= 11 is 0. The van der Waals surface area contributed by atoms with Gasteiger partial charge < -0.3 is 46.6 Å². The van der Waals surface area contributed by atoms with Crippen molar-refractivity contribution in [3.05, 3.63) is 57.6 Å². The second-order valence-corrected chi connectivity index (χ2v) is 11.0. The maximum Gasteiger partial charge on any atom is 0.257 e. The molecule has 0 bridgehead atoms.